The second-order valence-corrected chi connectivity index (χ2v) is 8.41. The highest BCUT2D eigenvalue weighted by molar-refractivity contribution is 7.11. The fraction of sp³-hybridized carbons (Fsp3) is 0.130. The molecule has 3 aromatic rings. The highest BCUT2D eigenvalue weighted by atomic mass is 35.5. The Morgan fingerprint density at radius 3 is 2.34 bits per heavy atom. The van der Waals surface area contributed by atoms with Gasteiger partial charge >= 0.3 is 0 Å². The molecule has 1 aliphatic heterocycles. The monoisotopic (exact) mass is 422 g/mol. The first kappa shape index (κ1) is 19.4. The summed E-state index contributed by atoms with van der Waals surface area (Å²) in [6, 6.07) is 14.7. The van der Waals surface area contributed by atoms with E-state index in [-0.39, 0.29) is 17.5 Å². The van der Waals surface area contributed by atoms with Crippen LogP contribution in [0.3, 0.4) is 0 Å². The number of thiophene rings is 1. The van der Waals surface area contributed by atoms with Gasteiger partial charge in [0.25, 0.3) is 11.8 Å². The molecule has 2 amide bonds. The molecular formula is C23H19ClN2O2S. The zero-order valence-electron chi connectivity index (χ0n) is 16.2. The summed E-state index contributed by atoms with van der Waals surface area (Å²) in [5.41, 5.74) is 5.01. The van der Waals surface area contributed by atoms with Crippen LogP contribution in [-0.4, -0.2) is 11.8 Å². The first-order chi connectivity index (χ1) is 13.9. The Labute approximate surface area is 178 Å². The van der Waals surface area contributed by atoms with Crippen molar-refractivity contribution < 1.29 is 9.59 Å². The first-order valence-corrected chi connectivity index (χ1v) is 10.4. The second kappa shape index (κ2) is 7.50. The summed E-state index contributed by atoms with van der Waals surface area (Å²) in [6.45, 7) is 5.88. The predicted octanol–water partition coefficient (Wildman–Crippen LogP) is 5.72. The molecule has 0 unspecified atom stereocenters. The summed E-state index contributed by atoms with van der Waals surface area (Å²) in [6.07, 6.45) is 0. The first-order valence-electron chi connectivity index (χ1n) is 9.14. The van der Waals surface area contributed by atoms with Gasteiger partial charge in [0.2, 0.25) is 0 Å². The molecule has 0 radical (unpaired) electrons. The summed E-state index contributed by atoms with van der Waals surface area (Å²) < 4.78 is 0. The van der Waals surface area contributed by atoms with Crippen molar-refractivity contribution in [3.8, 4) is 0 Å². The average molecular weight is 423 g/mol. The van der Waals surface area contributed by atoms with Crippen molar-refractivity contribution in [2.45, 2.75) is 20.8 Å². The molecule has 0 saturated carbocycles. The standard InChI is InChI=1S/C23H19ClN2O2S/c1-13-6-8-17(12-14(13)2)25-21-20(19-5-4-10-29-19)22(27)26(23(21)28)18-9-7-16(24)11-15(18)3/h4-12,25H,1-3H3. The van der Waals surface area contributed by atoms with Crippen LogP contribution in [0.25, 0.3) is 5.57 Å². The van der Waals surface area contributed by atoms with Crippen LogP contribution in [0.1, 0.15) is 21.6 Å². The van der Waals surface area contributed by atoms with E-state index in [9.17, 15) is 9.59 Å². The molecule has 1 N–H and O–H groups in total. The lowest BCUT2D eigenvalue weighted by atomic mass is 10.1. The van der Waals surface area contributed by atoms with Gasteiger partial charge in [-0.15, -0.1) is 11.3 Å². The molecule has 1 aliphatic rings. The zero-order valence-corrected chi connectivity index (χ0v) is 17.8. The number of carbonyl (C=O) groups excluding carboxylic acids is 2. The fourth-order valence-corrected chi connectivity index (χ4v) is 4.34. The van der Waals surface area contributed by atoms with Gasteiger partial charge in [0.05, 0.1) is 11.3 Å². The van der Waals surface area contributed by atoms with Crippen molar-refractivity contribution in [1.29, 1.82) is 0 Å². The number of imide groups is 1. The molecule has 146 valence electrons. The van der Waals surface area contributed by atoms with E-state index in [0.29, 0.717) is 16.3 Å². The number of aryl methyl sites for hydroxylation is 3. The number of anilines is 2. The van der Waals surface area contributed by atoms with Crippen LogP contribution in [0.4, 0.5) is 11.4 Å². The molecule has 29 heavy (non-hydrogen) atoms. The topological polar surface area (TPSA) is 49.4 Å². The van der Waals surface area contributed by atoms with Gasteiger partial charge in [-0.05, 0) is 79.2 Å². The van der Waals surface area contributed by atoms with Gasteiger partial charge in [-0.1, -0.05) is 23.7 Å². The molecular weight excluding hydrogens is 404 g/mol. The minimum atomic E-state index is -0.373. The maximum absolute atomic E-state index is 13.4. The largest absolute Gasteiger partial charge is 0.350 e. The van der Waals surface area contributed by atoms with Crippen molar-refractivity contribution >= 4 is 51.7 Å². The molecule has 0 bridgehead atoms. The number of hydrogen-bond acceptors (Lipinski definition) is 4. The van der Waals surface area contributed by atoms with Crippen LogP contribution < -0.4 is 10.2 Å². The minimum absolute atomic E-state index is 0.287. The number of hydrogen-bond donors (Lipinski definition) is 1. The van der Waals surface area contributed by atoms with Crippen molar-refractivity contribution in [1.82, 2.24) is 0 Å². The zero-order chi connectivity index (χ0) is 20.7. The fourth-order valence-electron chi connectivity index (χ4n) is 3.35. The number of nitrogens with one attached hydrogen (secondary N) is 1. The highest BCUT2D eigenvalue weighted by Gasteiger charge is 2.41. The van der Waals surface area contributed by atoms with Crippen molar-refractivity contribution in [2.75, 3.05) is 10.2 Å². The van der Waals surface area contributed by atoms with Crippen molar-refractivity contribution in [3.63, 3.8) is 0 Å². The van der Waals surface area contributed by atoms with Crippen LogP contribution in [0.15, 0.2) is 59.6 Å². The Hall–Kier alpha value is -2.89. The van der Waals surface area contributed by atoms with E-state index in [4.69, 9.17) is 11.6 Å². The third-order valence-electron chi connectivity index (χ3n) is 5.03. The molecule has 0 saturated heterocycles. The average Bonchev–Trinajstić information content (AvgIpc) is 3.27. The van der Waals surface area contributed by atoms with Crippen LogP contribution >= 0.6 is 22.9 Å². The summed E-state index contributed by atoms with van der Waals surface area (Å²) in [7, 11) is 0. The smallest absolute Gasteiger partial charge is 0.282 e. The predicted molar refractivity (Wildman–Crippen MR) is 119 cm³/mol. The van der Waals surface area contributed by atoms with Gasteiger partial charge in [0, 0.05) is 15.6 Å². The number of halogens is 1. The molecule has 0 fully saturated rings. The lowest BCUT2D eigenvalue weighted by molar-refractivity contribution is -0.120. The maximum atomic E-state index is 13.4. The molecule has 0 atom stereocenters. The Balaban J connectivity index is 1.81. The number of nitrogens with zero attached hydrogens (tertiary/aromatic N) is 1. The number of rotatable bonds is 4. The molecule has 2 heterocycles. The van der Waals surface area contributed by atoms with Crippen LogP contribution in [0.2, 0.25) is 5.02 Å². The normalized spacial score (nSPS) is 14.1. The minimum Gasteiger partial charge on any atom is -0.350 e. The van der Waals surface area contributed by atoms with Crippen LogP contribution in [0, 0.1) is 20.8 Å². The molecule has 0 aliphatic carbocycles. The van der Waals surface area contributed by atoms with Crippen molar-refractivity contribution in [3.05, 3.63) is 86.2 Å². The van der Waals surface area contributed by atoms with Gasteiger partial charge < -0.3 is 5.32 Å². The molecule has 4 rings (SSSR count). The van der Waals surface area contributed by atoms with Gasteiger partial charge in [0.1, 0.15) is 5.70 Å². The lowest BCUT2D eigenvalue weighted by Gasteiger charge is -2.18. The SMILES string of the molecule is Cc1ccc(NC2=C(c3cccs3)C(=O)N(c3ccc(Cl)cc3C)C2=O)cc1C. The lowest BCUT2D eigenvalue weighted by Crippen LogP contribution is -2.33. The third kappa shape index (κ3) is 3.48. The summed E-state index contributed by atoms with van der Waals surface area (Å²) in [5, 5.41) is 5.66. The Kier molecular flexibility index (Phi) is 5.03. The third-order valence-corrected chi connectivity index (χ3v) is 6.15. The number of benzene rings is 2. The van der Waals surface area contributed by atoms with Crippen molar-refractivity contribution in [2.24, 2.45) is 0 Å². The van der Waals surface area contributed by atoms with E-state index < -0.39 is 0 Å². The molecule has 0 spiro atoms. The summed E-state index contributed by atoms with van der Waals surface area (Å²) >= 11 is 7.49. The van der Waals surface area contributed by atoms with E-state index in [1.165, 1.54) is 16.2 Å². The Morgan fingerprint density at radius 2 is 1.69 bits per heavy atom. The van der Waals surface area contributed by atoms with Gasteiger partial charge in [-0.3, -0.25) is 9.59 Å². The molecule has 2 aromatic carbocycles. The maximum Gasteiger partial charge on any atom is 0.282 e. The van der Waals surface area contributed by atoms with E-state index in [0.717, 1.165) is 27.3 Å². The molecule has 1 aromatic heterocycles. The molecule has 4 nitrogen and oxygen atoms in total. The van der Waals surface area contributed by atoms with E-state index in [1.54, 1.807) is 18.2 Å². The second-order valence-electron chi connectivity index (χ2n) is 7.03. The Bertz CT molecular complexity index is 1170. The van der Waals surface area contributed by atoms with E-state index in [2.05, 4.69) is 5.32 Å². The summed E-state index contributed by atoms with van der Waals surface area (Å²) in [4.78, 5) is 28.7. The van der Waals surface area contributed by atoms with Gasteiger partial charge in [-0.2, -0.15) is 0 Å². The van der Waals surface area contributed by atoms with Gasteiger partial charge in [0.15, 0.2) is 0 Å². The molecule has 6 heteroatoms. The quantitative estimate of drug-likeness (QED) is 0.547. The Morgan fingerprint density at radius 1 is 0.897 bits per heavy atom. The van der Waals surface area contributed by atoms with E-state index >= 15 is 0 Å². The number of carbonyl (C=O) groups is 2. The number of amides is 2. The van der Waals surface area contributed by atoms with E-state index in [1.807, 2.05) is 56.5 Å². The summed E-state index contributed by atoms with van der Waals surface area (Å²) in [5.74, 6) is -0.712. The van der Waals surface area contributed by atoms with Crippen LogP contribution in [-0.2, 0) is 9.59 Å². The van der Waals surface area contributed by atoms with Gasteiger partial charge in [-0.25, -0.2) is 4.90 Å². The van der Waals surface area contributed by atoms with Crippen LogP contribution in [0.5, 0.6) is 0 Å². The highest BCUT2D eigenvalue weighted by Crippen LogP contribution is 2.37.